The van der Waals surface area contributed by atoms with Gasteiger partial charge in [0.15, 0.2) is 0 Å². The number of anilines is 1. The fourth-order valence-corrected chi connectivity index (χ4v) is 3.77. The molecule has 5 heteroatoms. The van der Waals surface area contributed by atoms with Gasteiger partial charge < -0.3 is 5.43 Å². The van der Waals surface area contributed by atoms with Crippen molar-refractivity contribution in [1.82, 2.24) is 0 Å². The van der Waals surface area contributed by atoms with E-state index in [9.17, 15) is 8.42 Å². The molecule has 0 amide bonds. The van der Waals surface area contributed by atoms with E-state index in [0.717, 1.165) is 10.8 Å². The number of benzene rings is 3. The summed E-state index contributed by atoms with van der Waals surface area (Å²) in [7, 11) is -3.56. The predicted octanol–water partition coefficient (Wildman–Crippen LogP) is 2.96. The molecule has 0 radical (unpaired) electrons. The maximum Gasteiger partial charge on any atom is 0.207 e. The monoisotopic (exact) mass is 298 g/mol. The van der Waals surface area contributed by atoms with Crippen molar-refractivity contribution >= 4 is 26.3 Å². The van der Waals surface area contributed by atoms with Crippen molar-refractivity contribution in [3.63, 3.8) is 0 Å². The molecule has 0 aliphatic heterocycles. The number of fused-ring (bicyclic) bond motifs is 1. The largest absolute Gasteiger partial charge is 0.324 e. The lowest BCUT2D eigenvalue weighted by atomic mass is 10.1. The Hall–Kier alpha value is -2.37. The Morgan fingerprint density at radius 1 is 0.810 bits per heavy atom. The summed E-state index contributed by atoms with van der Waals surface area (Å²) in [5.74, 6) is 5.30. The van der Waals surface area contributed by atoms with Crippen LogP contribution >= 0.6 is 0 Å². The highest BCUT2D eigenvalue weighted by Crippen LogP contribution is 2.28. The van der Waals surface area contributed by atoms with Crippen LogP contribution in [0.2, 0.25) is 0 Å². The molecule has 4 nitrogen and oxygen atoms in total. The Balaban J connectivity index is 2.20. The number of hydrogen-bond donors (Lipinski definition) is 2. The molecule has 3 aromatic rings. The van der Waals surface area contributed by atoms with Gasteiger partial charge in [-0.2, -0.15) is 0 Å². The average molecular weight is 298 g/mol. The number of nitrogens with two attached hydrogens (primary N) is 1. The molecule has 0 heterocycles. The maximum atomic E-state index is 12.8. The summed E-state index contributed by atoms with van der Waals surface area (Å²) in [6, 6.07) is 19.1. The standard InChI is InChI=1S/C16H14N2O2S/c17-18-13-8-10-14(11-9-13)21(19,20)16-7-3-5-12-4-1-2-6-15(12)16/h1-11,18H,17H2. The highest BCUT2D eigenvalue weighted by atomic mass is 32.2. The highest BCUT2D eigenvalue weighted by molar-refractivity contribution is 7.91. The van der Waals surface area contributed by atoms with Crippen LogP contribution in [0.4, 0.5) is 5.69 Å². The van der Waals surface area contributed by atoms with Crippen molar-refractivity contribution in [2.75, 3.05) is 5.43 Å². The molecule has 0 aliphatic rings. The molecule has 0 atom stereocenters. The first-order chi connectivity index (χ1) is 10.1. The van der Waals surface area contributed by atoms with E-state index < -0.39 is 9.84 Å². The molecule has 0 aliphatic carbocycles. The van der Waals surface area contributed by atoms with E-state index in [2.05, 4.69) is 5.43 Å². The van der Waals surface area contributed by atoms with Crippen LogP contribution in [0.1, 0.15) is 0 Å². The molecule has 0 bridgehead atoms. The lowest BCUT2D eigenvalue weighted by Crippen LogP contribution is -2.07. The molecule has 0 saturated carbocycles. The zero-order valence-electron chi connectivity index (χ0n) is 11.2. The van der Waals surface area contributed by atoms with Gasteiger partial charge in [0.25, 0.3) is 0 Å². The molecule has 0 spiro atoms. The maximum absolute atomic E-state index is 12.8. The van der Waals surface area contributed by atoms with Crippen molar-refractivity contribution in [3.8, 4) is 0 Å². The summed E-state index contributed by atoms with van der Waals surface area (Å²) < 4.78 is 25.6. The number of sulfone groups is 1. The molecule has 21 heavy (non-hydrogen) atoms. The van der Waals surface area contributed by atoms with E-state index in [1.165, 1.54) is 0 Å². The van der Waals surface area contributed by atoms with Crippen LogP contribution in [0.5, 0.6) is 0 Å². The number of nitrogen functional groups attached to an aromatic ring is 1. The highest BCUT2D eigenvalue weighted by Gasteiger charge is 2.19. The second-order valence-corrected chi connectivity index (χ2v) is 6.57. The lowest BCUT2D eigenvalue weighted by Gasteiger charge is -2.09. The summed E-state index contributed by atoms with van der Waals surface area (Å²) in [4.78, 5) is 0.562. The Labute approximate surface area is 123 Å². The first kappa shape index (κ1) is 13.6. The molecular formula is C16H14N2O2S. The van der Waals surface area contributed by atoms with Crippen LogP contribution in [0, 0.1) is 0 Å². The van der Waals surface area contributed by atoms with Gasteiger partial charge >= 0.3 is 0 Å². The fourth-order valence-electron chi connectivity index (χ4n) is 2.29. The molecule has 0 unspecified atom stereocenters. The van der Waals surface area contributed by atoms with Gasteiger partial charge in [0.1, 0.15) is 0 Å². The van der Waals surface area contributed by atoms with E-state index in [0.29, 0.717) is 10.6 Å². The number of rotatable bonds is 3. The molecule has 3 aromatic carbocycles. The van der Waals surface area contributed by atoms with Gasteiger partial charge in [-0.15, -0.1) is 0 Å². The molecule has 3 rings (SSSR count). The van der Waals surface area contributed by atoms with Crippen LogP contribution in [0.15, 0.2) is 76.5 Å². The molecule has 106 valence electrons. The van der Waals surface area contributed by atoms with E-state index in [1.807, 2.05) is 30.3 Å². The summed E-state index contributed by atoms with van der Waals surface area (Å²) in [6.45, 7) is 0. The third-order valence-corrected chi connectivity index (χ3v) is 5.20. The van der Waals surface area contributed by atoms with E-state index in [4.69, 9.17) is 5.84 Å². The molecule has 0 fully saturated rings. The summed E-state index contributed by atoms with van der Waals surface area (Å²) in [6.07, 6.45) is 0. The SMILES string of the molecule is NNc1ccc(S(=O)(=O)c2cccc3ccccc23)cc1. The van der Waals surface area contributed by atoms with Crippen LogP contribution in [-0.4, -0.2) is 8.42 Å². The van der Waals surface area contributed by atoms with Crippen LogP contribution in [-0.2, 0) is 9.84 Å². The van der Waals surface area contributed by atoms with E-state index >= 15 is 0 Å². The van der Waals surface area contributed by atoms with Gasteiger partial charge in [0.05, 0.1) is 9.79 Å². The van der Waals surface area contributed by atoms with E-state index in [1.54, 1.807) is 36.4 Å². The first-order valence-electron chi connectivity index (χ1n) is 6.42. The van der Waals surface area contributed by atoms with Gasteiger partial charge in [-0.25, -0.2) is 8.42 Å². The molecule has 3 N–H and O–H groups in total. The first-order valence-corrected chi connectivity index (χ1v) is 7.91. The number of hydrazine groups is 1. The zero-order valence-corrected chi connectivity index (χ0v) is 12.0. The minimum atomic E-state index is -3.56. The van der Waals surface area contributed by atoms with Crippen molar-refractivity contribution < 1.29 is 8.42 Å². The summed E-state index contributed by atoms with van der Waals surface area (Å²) in [5.41, 5.74) is 3.14. The fraction of sp³-hybridized carbons (Fsp3) is 0. The van der Waals surface area contributed by atoms with Gasteiger partial charge in [-0.3, -0.25) is 5.84 Å². The van der Waals surface area contributed by atoms with Gasteiger partial charge in [0, 0.05) is 11.1 Å². The van der Waals surface area contributed by atoms with E-state index in [-0.39, 0.29) is 4.90 Å². The second-order valence-electron chi connectivity index (χ2n) is 4.65. The lowest BCUT2D eigenvalue weighted by molar-refractivity contribution is 0.597. The predicted molar refractivity (Wildman–Crippen MR) is 83.7 cm³/mol. The quantitative estimate of drug-likeness (QED) is 0.576. The number of hydrogen-bond acceptors (Lipinski definition) is 4. The van der Waals surface area contributed by atoms with Crippen LogP contribution in [0.3, 0.4) is 0 Å². The van der Waals surface area contributed by atoms with Gasteiger partial charge in [-0.05, 0) is 35.7 Å². The number of nitrogens with one attached hydrogen (secondary N) is 1. The molecular weight excluding hydrogens is 284 g/mol. The summed E-state index contributed by atoms with van der Waals surface area (Å²) in [5, 5.41) is 1.62. The third-order valence-electron chi connectivity index (χ3n) is 3.37. The molecule has 0 saturated heterocycles. The van der Waals surface area contributed by atoms with Gasteiger partial charge in [0.2, 0.25) is 9.84 Å². The topological polar surface area (TPSA) is 72.2 Å². The average Bonchev–Trinajstić information content (AvgIpc) is 2.54. The van der Waals surface area contributed by atoms with Crippen molar-refractivity contribution in [2.24, 2.45) is 5.84 Å². The Kier molecular flexibility index (Phi) is 3.37. The normalized spacial score (nSPS) is 11.5. The Morgan fingerprint density at radius 2 is 1.48 bits per heavy atom. The summed E-state index contributed by atoms with van der Waals surface area (Å²) >= 11 is 0. The second kappa shape index (κ2) is 5.20. The Bertz CT molecular complexity index is 882. The van der Waals surface area contributed by atoms with Crippen LogP contribution in [0.25, 0.3) is 10.8 Å². The zero-order chi connectivity index (χ0) is 14.9. The van der Waals surface area contributed by atoms with Crippen molar-refractivity contribution in [3.05, 3.63) is 66.7 Å². The molecule has 0 aromatic heterocycles. The van der Waals surface area contributed by atoms with Gasteiger partial charge in [-0.1, -0.05) is 36.4 Å². The smallest absolute Gasteiger partial charge is 0.207 e. The third kappa shape index (κ3) is 2.37. The minimum absolute atomic E-state index is 0.248. The van der Waals surface area contributed by atoms with Crippen LogP contribution < -0.4 is 11.3 Å². The Morgan fingerprint density at radius 3 is 2.19 bits per heavy atom. The van der Waals surface area contributed by atoms with Crippen molar-refractivity contribution in [2.45, 2.75) is 9.79 Å². The minimum Gasteiger partial charge on any atom is -0.324 e. The van der Waals surface area contributed by atoms with Crippen molar-refractivity contribution in [1.29, 1.82) is 0 Å².